The molecule has 0 unspecified atom stereocenters. The molecule has 0 aliphatic rings. The monoisotopic (exact) mass is 576 g/mol. The minimum Gasteiger partial charge on any atom is -0.496 e. The number of para-hydroxylation sites is 1. The number of carbonyl (C=O) groups is 1. The SMILES string of the molecule is COc1ccccc1Cc1c(NS(=O)(=O)c2ccc(C(C)(C)C)cc2)ncnc1OCCOC(=O)c1ccncc1. The molecule has 0 atom stereocenters. The molecule has 1 N–H and O–H groups in total. The molecule has 41 heavy (non-hydrogen) atoms. The van der Waals surface area contributed by atoms with Crippen LogP contribution in [0.2, 0.25) is 0 Å². The summed E-state index contributed by atoms with van der Waals surface area (Å²) < 4.78 is 46.0. The molecule has 0 saturated heterocycles. The summed E-state index contributed by atoms with van der Waals surface area (Å²) in [5, 5.41) is 0. The highest BCUT2D eigenvalue weighted by Gasteiger charge is 2.23. The highest BCUT2D eigenvalue weighted by molar-refractivity contribution is 7.92. The van der Waals surface area contributed by atoms with Crippen LogP contribution < -0.4 is 14.2 Å². The summed E-state index contributed by atoms with van der Waals surface area (Å²) in [6.45, 7) is 6.10. The lowest BCUT2D eigenvalue weighted by Gasteiger charge is -2.19. The second-order valence-electron chi connectivity index (χ2n) is 10.1. The van der Waals surface area contributed by atoms with E-state index in [1.54, 1.807) is 49.6 Å². The van der Waals surface area contributed by atoms with Crippen LogP contribution in [0.1, 0.15) is 47.8 Å². The fourth-order valence-corrected chi connectivity index (χ4v) is 5.01. The van der Waals surface area contributed by atoms with Gasteiger partial charge in [0.15, 0.2) is 5.82 Å². The number of nitrogens with zero attached hydrogens (tertiary/aromatic N) is 3. The van der Waals surface area contributed by atoms with Gasteiger partial charge in [-0.25, -0.2) is 23.2 Å². The van der Waals surface area contributed by atoms with Crippen LogP contribution in [0.4, 0.5) is 5.82 Å². The summed E-state index contributed by atoms with van der Waals surface area (Å²) in [6, 6.07) is 17.2. The minimum atomic E-state index is -3.99. The zero-order chi connectivity index (χ0) is 29.5. The highest BCUT2D eigenvalue weighted by atomic mass is 32.2. The molecule has 0 aliphatic carbocycles. The topological polar surface area (TPSA) is 130 Å². The van der Waals surface area contributed by atoms with Crippen molar-refractivity contribution >= 4 is 21.8 Å². The van der Waals surface area contributed by atoms with Gasteiger partial charge >= 0.3 is 5.97 Å². The lowest BCUT2D eigenvalue weighted by atomic mass is 9.87. The van der Waals surface area contributed by atoms with Crippen LogP contribution in [0.3, 0.4) is 0 Å². The van der Waals surface area contributed by atoms with Gasteiger partial charge in [0.05, 0.1) is 23.1 Å². The van der Waals surface area contributed by atoms with Crippen molar-refractivity contribution in [3.63, 3.8) is 0 Å². The van der Waals surface area contributed by atoms with Gasteiger partial charge in [-0.1, -0.05) is 51.1 Å². The standard InChI is InChI=1S/C30H32N4O6S/c1-30(2,3)23-9-11-24(12-10-23)41(36,37)34-27-25(19-22-7-5-6-8-26(22)38-4)28(33-20-32-27)39-17-18-40-29(35)21-13-15-31-16-14-21/h5-16,20H,17-19H2,1-4H3,(H,32,33,34). The van der Waals surface area contributed by atoms with Crippen LogP contribution in [-0.4, -0.2) is 49.7 Å². The Bertz CT molecular complexity index is 1590. The third-order valence-electron chi connectivity index (χ3n) is 6.20. The fourth-order valence-electron chi connectivity index (χ4n) is 3.97. The van der Waals surface area contributed by atoms with Crippen molar-refractivity contribution in [1.29, 1.82) is 0 Å². The molecule has 4 aromatic rings. The van der Waals surface area contributed by atoms with Crippen LogP contribution in [0.5, 0.6) is 11.6 Å². The Morgan fingerprint density at radius 1 is 0.927 bits per heavy atom. The molecule has 2 heterocycles. The van der Waals surface area contributed by atoms with Crippen LogP contribution in [-0.2, 0) is 26.6 Å². The van der Waals surface area contributed by atoms with Gasteiger partial charge in [0.1, 0.15) is 25.3 Å². The quantitative estimate of drug-likeness (QED) is 0.198. The van der Waals surface area contributed by atoms with Crippen molar-refractivity contribution in [2.24, 2.45) is 0 Å². The molecule has 0 radical (unpaired) electrons. The van der Waals surface area contributed by atoms with Gasteiger partial charge in [-0.3, -0.25) is 9.71 Å². The first-order chi connectivity index (χ1) is 19.6. The third-order valence-corrected chi connectivity index (χ3v) is 7.55. The van der Waals surface area contributed by atoms with E-state index in [1.165, 1.54) is 18.7 Å². The summed E-state index contributed by atoms with van der Waals surface area (Å²) in [6.07, 6.45) is 4.42. The van der Waals surface area contributed by atoms with Gasteiger partial charge in [-0.2, -0.15) is 0 Å². The number of carbonyl (C=O) groups excluding carboxylic acids is 1. The van der Waals surface area contributed by atoms with Crippen LogP contribution in [0, 0.1) is 0 Å². The number of sulfonamides is 1. The Hall–Kier alpha value is -4.51. The molecule has 11 heteroatoms. The summed E-state index contributed by atoms with van der Waals surface area (Å²) >= 11 is 0. The zero-order valence-electron chi connectivity index (χ0n) is 23.3. The Morgan fingerprint density at radius 2 is 1.63 bits per heavy atom. The van der Waals surface area contributed by atoms with Crippen molar-refractivity contribution in [1.82, 2.24) is 15.0 Å². The molecule has 2 aromatic carbocycles. The van der Waals surface area contributed by atoms with Gasteiger partial charge in [-0.15, -0.1) is 0 Å². The number of esters is 1. The van der Waals surface area contributed by atoms with E-state index >= 15 is 0 Å². The normalized spacial score (nSPS) is 11.5. The second-order valence-corrected chi connectivity index (χ2v) is 11.8. The zero-order valence-corrected chi connectivity index (χ0v) is 24.1. The summed E-state index contributed by atoms with van der Waals surface area (Å²) in [4.78, 5) is 24.7. The van der Waals surface area contributed by atoms with Crippen LogP contribution in [0.15, 0.2) is 84.3 Å². The van der Waals surface area contributed by atoms with Crippen molar-refractivity contribution in [2.75, 3.05) is 25.0 Å². The number of anilines is 1. The van der Waals surface area contributed by atoms with Gasteiger partial charge < -0.3 is 14.2 Å². The highest BCUT2D eigenvalue weighted by Crippen LogP contribution is 2.31. The predicted molar refractivity (Wildman–Crippen MR) is 154 cm³/mol. The smallest absolute Gasteiger partial charge is 0.338 e. The Labute approximate surface area is 239 Å². The molecular weight excluding hydrogens is 544 g/mol. The first-order valence-corrected chi connectivity index (χ1v) is 14.4. The maximum absolute atomic E-state index is 13.4. The minimum absolute atomic E-state index is 0.0206. The Morgan fingerprint density at radius 3 is 2.32 bits per heavy atom. The lowest BCUT2D eigenvalue weighted by molar-refractivity contribution is 0.0447. The first-order valence-electron chi connectivity index (χ1n) is 12.9. The maximum atomic E-state index is 13.4. The Balaban J connectivity index is 1.59. The molecular formula is C30H32N4O6S. The van der Waals surface area contributed by atoms with Crippen LogP contribution in [0.25, 0.3) is 0 Å². The molecule has 2 aromatic heterocycles. The summed E-state index contributed by atoms with van der Waals surface area (Å²) in [5.74, 6) is 0.306. The van der Waals surface area contributed by atoms with Crippen molar-refractivity contribution < 1.29 is 27.4 Å². The Kier molecular flexibility index (Phi) is 9.18. The van der Waals surface area contributed by atoms with E-state index in [-0.39, 0.29) is 41.6 Å². The molecule has 0 aliphatic heterocycles. The maximum Gasteiger partial charge on any atom is 0.338 e. The molecule has 214 valence electrons. The lowest BCUT2D eigenvalue weighted by Crippen LogP contribution is -2.18. The molecule has 10 nitrogen and oxygen atoms in total. The number of hydrogen-bond acceptors (Lipinski definition) is 9. The van der Waals surface area contributed by atoms with Gasteiger partial charge in [0.2, 0.25) is 5.88 Å². The molecule has 0 spiro atoms. The largest absolute Gasteiger partial charge is 0.496 e. The van der Waals surface area contributed by atoms with E-state index in [9.17, 15) is 13.2 Å². The number of rotatable bonds is 11. The average molecular weight is 577 g/mol. The van der Waals surface area contributed by atoms with Gasteiger partial charge in [-0.05, 0) is 46.9 Å². The predicted octanol–water partition coefficient (Wildman–Crippen LogP) is 4.81. The number of benzene rings is 2. The molecule has 0 amide bonds. The van der Waals surface area contributed by atoms with Gasteiger partial charge in [0.25, 0.3) is 10.0 Å². The van der Waals surface area contributed by atoms with E-state index in [4.69, 9.17) is 14.2 Å². The average Bonchev–Trinajstić information content (AvgIpc) is 2.96. The fraction of sp³-hybridized carbons (Fsp3) is 0.267. The number of nitrogens with one attached hydrogen (secondary N) is 1. The number of aromatic nitrogens is 3. The van der Waals surface area contributed by atoms with E-state index in [0.29, 0.717) is 16.9 Å². The summed E-state index contributed by atoms with van der Waals surface area (Å²) in [5.41, 5.74) is 2.42. The van der Waals surface area contributed by atoms with Crippen molar-refractivity contribution in [3.05, 3.63) is 102 Å². The van der Waals surface area contributed by atoms with E-state index < -0.39 is 16.0 Å². The molecule has 0 saturated carbocycles. The van der Waals surface area contributed by atoms with Crippen molar-refractivity contribution in [2.45, 2.75) is 37.5 Å². The van der Waals surface area contributed by atoms with E-state index in [2.05, 4.69) is 40.4 Å². The van der Waals surface area contributed by atoms with E-state index in [1.807, 2.05) is 18.2 Å². The first kappa shape index (κ1) is 29.5. The number of ether oxygens (including phenoxy) is 3. The molecule has 0 bridgehead atoms. The van der Waals surface area contributed by atoms with Crippen LogP contribution >= 0.6 is 0 Å². The number of hydrogen-bond donors (Lipinski definition) is 1. The number of pyridine rings is 1. The molecule has 4 rings (SSSR count). The van der Waals surface area contributed by atoms with Crippen molar-refractivity contribution in [3.8, 4) is 11.6 Å². The van der Waals surface area contributed by atoms with Gasteiger partial charge in [0, 0.05) is 18.8 Å². The molecule has 0 fully saturated rings. The second kappa shape index (κ2) is 12.8. The summed E-state index contributed by atoms with van der Waals surface area (Å²) in [7, 11) is -2.44. The third kappa shape index (κ3) is 7.57. The number of methoxy groups -OCH3 is 1. The van der Waals surface area contributed by atoms with E-state index in [0.717, 1.165) is 11.1 Å².